The molecule has 0 aliphatic rings. The molecule has 2 N–H and O–H groups in total. The Hall–Kier alpha value is -2.01. The van der Waals surface area contributed by atoms with E-state index in [0.29, 0.717) is 0 Å². The predicted octanol–water partition coefficient (Wildman–Crippen LogP) is 3.60. The highest BCUT2D eigenvalue weighted by Crippen LogP contribution is 2.23. The summed E-state index contributed by atoms with van der Waals surface area (Å²) in [6.07, 6.45) is 1.89. The van der Waals surface area contributed by atoms with E-state index >= 15 is 0 Å². The van der Waals surface area contributed by atoms with E-state index < -0.39 is 0 Å². The zero-order chi connectivity index (χ0) is 13.9. The maximum atomic E-state index is 4.58. The van der Waals surface area contributed by atoms with Crippen LogP contribution in [0.25, 0.3) is 11.0 Å². The summed E-state index contributed by atoms with van der Waals surface area (Å²) < 4.78 is 0. The molecule has 0 aliphatic carbocycles. The van der Waals surface area contributed by atoms with Crippen LogP contribution in [0.5, 0.6) is 0 Å². The van der Waals surface area contributed by atoms with Gasteiger partial charge in [0.1, 0.15) is 5.82 Å². The first kappa shape index (κ1) is 13.0. The molecular weight excluding hydrogens is 268 g/mol. The van der Waals surface area contributed by atoms with Crippen molar-refractivity contribution in [2.24, 2.45) is 0 Å². The topological polar surface area (TPSA) is 53.6 Å². The lowest BCUT2D eigenvalue weighted by Crippen LogP contribution is -1.92. The van der Waals surface area contributed by atoms with Crippen molar-refractivity contribution in [1.82, 2.24) is 15.0 Å². The number of H-pyrrole nitrogens is 1. The Kier molecular flexibility index (Phi) is 3.60. The van der Waals surface area contributed by atoms with Gasteiger partial charge in [0.05, 0.1) is 11.0 Å². The van der Waals surface area contributed by atoms with Crippen LogP contribution in [0.4, 0.5) is 5.82 Å². The molecule has 3 aromatic rings. The number of fused-ring (bicyclic) bond motifs is 1. The highest BCUT2D eigenvalue weighted by atomic mass is 32.2. The zero-order valence-corrected chi connectivity index (χ0v) is 12.3. The quantitative estimate of drug-likeness (QED) is 0.719. The van der Waals surface area contributed by atoms with Gasteiger partial charge >= 0.3 is 0 Å². The highest BCUT2D eigenvalue weighted by molar-refractivity contribution is 7.98. The summed E-state index contributed by atoms with van der Waals surface area (Å²) in [5.41, 5.74) is 4.54. The molecule has 3 rings (SSSR count). The number of nitrogens with one attached hydrogen (secondary N) is 2. The van der Waals surface area contributed by atoms with E-state index in [1.807, 2.05) is 19.3 Å². The molecule has 0 radical (unpaired) electrons. The minimum atomic E-state index is 0.857. The molecule has 20 heavy (non-hydrogen) atoms. The van der Waals surface area contributed by atoms with E-state index in [9.17, 15) is 0 Å². The normalized spacial score (nSPS) is 10.9. The molecule has 4 nitrogen and oxygen atoms in total. The number of imidazole rings is 1. The number of aromatic nitrogens is 3. The van der Waals surface area contributed by atoms with Gasteiger partial charge in [-0.25, -0.2) is 9.97 Å². The molecule has 0 fully saturated rings. The van der Waals surface area contributed by atoms with E-state index in [4.69, 9.17) is 0 Å². The molecule has 102 valence electrons. The second-order valence-electron chi connectivity index (χ2n) is 4.65. The standard InChI is InChI=1S/C15H16N4S/c1-10-3-5-12-13(7-10)19-15(18-12)20-9-11-4-6-14(16-2)17-8-11/h3-8H,9H2,1-2H3,(H,16,17)(H,18,19). The number of pyridine rings is 1. The third-order valence-electron chi connectivity index (χ3n) is 3.07. The fraction of sp³-hybridized carbons (Fsp3) is 0.200. The van der Waals surface area contributed by atoms with Crippen LogP contribution in [0, 0.1) is 6.92 Å². The maximum absolute atomic E-state index is 4.58. The van der Waals surface area contributed by atoms with Crippen molar-refractivity contribution in [2.45, 2.75) is 17.8 Å². The van der Waals surface area contributed by atoms with Crippen LogP contribution in [-0.4, -0.2) is 22.0 Å². The Morgan fingerprint density at radius 1 is 1.25 bits per heavy atom. The number of nitrogens with zero attached hydrogens (tertiary/aromatic N) is 2. The largest absolute Gasteiger partial charge is 0.373 e. The fourth-order valence-electron chi connectivity index (χ4n) is 1.98. The molecule has 0 amide bonds. The van der Waals surface area contributed by atoms with E-state index in [-0.39, 0.29) is 0 Å². The Labute approximate surface area is 122 Å². The average Bonchev–Trinajstić information content (AvgIpc) is 2.87. The summed E-state index contributed by atoms with van der Waals surface area (Å²) in [6, 6.07) is 10.3. The molecule has 0 atom stereocenters. The molecule has 2 heterocycles. The summed E-state index contributed by atoms with van der Waals surface area (Å²) in [7, 11) is 1.87. The Bertz CT molecular complexity index is 718. The SMILES string of the molecule is CNc1ccc(CSc2nc3ccc(C)cc3[nH]2)cn1. The highest BCUT2D eigenvalue weighted by Gasteiger charge is 2.04. The minimum Gasteiger partial charge on any atom is -0.373 e. The van der Waals surface area contributed by atoms with E-state index in [2.05, 4.69) is 51.5 Å². The first-order valence-corrected chi connectivity index (χ1v) is 7.45. The van der Waals surface area contributed by atoms with Crippen molar-refractivity contribution in [2.75, 3.05) is 12.4 Å². The van der Waals surface area contributed by atoms with Gasteiger partial charge in [0.2, 0.25) is 0 Å². The second-order valence-corrected chi connectivity index (χ2v) is 5.62. The van der Waals surface area contributed by atoms with Crippen LogP contribution < -0.4 is 5.32 Å². The number of hydrogen-bond acceptors (Lipinski definition) is 4. The van der Waals surface area contributed by atoms with Crippen LogP contribution in [0.2, 0.25) is 0 Å². The van der Waals surface area contributed by atoms with Gasteiger partial charge in [0.25, 0.3) is 0 Å². The van der Waals surface area contributed by atoms with Crippen LogP contribution in [0.3, 0.4) is 0 Å². The molecule has 0 saturated heterocycles. The lowest BCUT2D eigenvalue weighted by molar-refractivity contribution is 1.08. The lowest BCUT2D eigenvalue weighted by Gasteiger charge is -2.01. The molecule has 2 aromatic heterocycles. The summed E-state index contributed by atoms with van der Waals surface area (Å²) in [6.45, 7) is 2.09. The molecule has 0 saturated carbocycles. The monoisotopic (exact) mass is 284 g/mol. The van der Waals surface area contributed by atoms with Gasteiger partial charge in [-0.2, -0.15) is 0 Å². The summed E-state index contributed by atoms with van der Waals surface area (Å²) in [5, 5.41) is 3.96. The van der Waals surface area contributed by atoms with Gasteiger partial charge < -0.3 is 10.3 Å². The Morgan fingerprint density at radius 2 is 2.15 bits per heavy atom. The molecular formula is C15H16N4S. The molecule has 0 unspecified atom stereocenters. The second kappa shape index (κ2) is 5.54. The van der Waals surface area contributed by atoms with E-state index in [1.165, 1.54) is 11.1 Å². The van der Waals surface area contributed by atoms with Gasteiger partial charge in [-0.15, -0.1) is 0 Å². The van der Waals surface area contributed by atoms with Crippen LogP contribution in [0.15, 0.2) is 41.7 Å². The van der Waals surface area contributed by atoms with Crippen LogP contribution in [-0.2, 0) is 5.75 Å². The number of rotatable bonds is 4. The first-order chi connectivity index (χ1) is 9.74. The summed E-state index contributed by atoms with van der Waals surface area (Å²) >= 11 is 1.69. The molecule has 0 spiro atoms. The third kappa shape index (κ3) is 2.77. The third-order valence-corrected chi connectivity index (χ3v) is 4.02. The van der Waals surface area contributed by atoms with Gasteiger partial charge in [-0.05, 0) is 36.2 Å². The lowest BCUT2D eigenvalue weighted by atomic mass is 10.2. The number of anilines is 1. The van der Waals surface area contributed by atoms with Crippen molar-refractivity contribution in [1.29, 1.82) is 0 Å². The van der Waals surface area contributed by atoms with Crippen LogP contribution in [0.1, 0.15) is 11.1 Å². The number of benzene rings is 1. The smallest absolute Gasteiger partial charge is 0.166 e. The van der Waals surface area contributed by atoms with E-state index in [0.717, 1.165) is 27.8 Å². The molecule has 0 bridgehead atoms. The van der Waals surface area contributed by atoms with E-state index in [1.54, 1.807) is 11.8 Å². The predicted molar refractivity (Wildman–Crippen MR) is 84.2 cm³/mol. The van der Waals surface area contributed by atoms with Gasteiger partial charge in [0, 0.05) is 19.0 Å². The van der Waals surface area contributed by atoms with Crippen molar-refractivity contribution < 1.29 is 0 Å². The Morgan fingerprint density at radius 3 is 2.90 bits per heavy atom. The molecule has 5 heteroatoms. The minimum absolute atomic E-state index is 0.857. The maximum Gasteiger partial charge on any atom is 0.166 e. The number of aromatic amines is 1. The number of thioether (sulfide) groups is 1. The van der Waals surface area contributed by atoms with Crippen molar-refractivity contribution in [3.63, 3.8) is 0 Å². The number of aryl methyl sites for hydroxylation is 1. The summed E-state index contributed by atoms with van der Waals surface area (Å²) in [5.74, 6) is 1.74. The fourth-order valence-corrected chi connectivity index (χ4v) is 2.80. The summed E-state index contributed by atoms with van der Waals surface area (Å²) in [4.78, 5) is 12.2. The number of hydrogen-bond donors (Lipinski definition) is 2. The molecule has 1 aromatic carbocycles. The van der Waals surface area contributed by atoms with Gasteiger partial charge in [-0.3, -0.25) is 0 Å². The van der Waals surface area contributed by atoms with Crippen LogP contribution >= 0.6 is 11.8 Å². The first-order valence-electron chi connectivity index (χ1n) is 6.46. The van der Waals surface area contributed by atoms with Gasteiger partial charge in [-0.1, -0.05) is 23.9 Å². The van der Waals surface area contributed by atoms with Gasteiger partial charge in [0.15, 0.2) is 5.16 Å². The zero-order valence-electron chi connectivity index (χ0n) is 11.5. The van der Waals surface area contributed by atoms with Crippen molar-refractivity contribution in [3.8, 4) is 0 Å². The molecule has 0 aliphatic heterocycles. The van der Waals surface area contributed by atoms with Crippen molar-refractivity contribution >= 4 is 28.6 Å². The Balaban J connectivity index is 1.72. The van der Waals surface area contributed by atoms with Crippen molar-refractivity contribution in [3.05, 3.63) is 47.7 Å². The average molecular weight is 284 g/mol.